The Hall–Kier alpha value is -2.73. The highest BCUT2D eigenvalue weighted by atomic mass is 16.2. The summed E-state index contributed by atoms with van der Waals surface area (Å²) in [5.74, 6) is 0.195. The molecule has 2 fully saturated rings. The van der Waals surface area contributed by atoms with Crippen LogP contribution < -0.4 is 0 Å². The van der Waals surface area contributed by atoms with Crippen molar-refractivity contribution < 1.29 is 4.79 Å². The SMILES string of the molecule is CN1C2CCC1CN(C(=O)Cc1cc3cc(-c4cnn(C)c4)ccc3cn1)C2. The number of aryl methyl sites for hydroxylation is 1. The maximum atomic E-state index is 12.9. The number of carbonyl (C=O) groups excluding carboxylic acids is 1. The van der Waals surface area contributed by atoms with Gasteiger partial charge in [-0.25, -0.2) is 0 Å². The molecule has 2 bridgehead atoms. The molecule has 3 aromatic rings. The summed E-state index contributed by atoms with van der Waals surface area (Å²) in [5.41, 5.74) is 3.05. The first-order valence-corrected chi connectivity index (χ1v) is 9.94. The van der Waals surface area contributed by atoms with Crippen LogP contribution in [-0.4, -0.2) is 62.7 Å². The van der Waals surface area contributed by atoms with E-state index in [1.807, 2.05) is 30.5 Å². The quantitative estimate of drug-likeness (QED) is 0.706. The van der Waals surface area contributed by atoms with Crippen molar-refractivity contribution in [3.05, 3.63) is 48.5 Å². The van der Waals surface area contributed by atoms with Gasteiger partial charge in [0.1, 0.15) is 0 Å². The van der Waals surface area contributed by atoms with Crippen LogP contribution in [0.1, 0.15) is 18.5 Å². The number of hydrogen-bond donors (Lipinski definition) is 0. The van der Waals surface area contributed by atoms with Crippen LogP contribution >= 0.6 is 0 Å². The number of benzene rings is 1. The van der Waals surface area contributed by atoms with Crippen molar-refractivity contribution >= 4 is 16.7 Å². The maximum absolute atomic E-state index is 12.9. The molecule has 6 heteroatoms. The van der Waals surface area contributed by atoms with Crippen molar-refractivity contribution in [2.75, 3.05) is 20.1 Å². The molecule has 2 unspecified atom stereocenters. The molecule has 5 rings (SSSR count). The van der Waals surface area contributed by atoms with Crippen molar-refractivity contribution in [3.8, 4) is 11.1 Å². The molecule has 2 aliphatic heterocycles. The number of nitrogens with zero attached hydrogens (tertiary/aromatic N) is 5. The summed E-state index contributed by atoms with van der Waals surface area (Å²) in [7, 11) is 4.11. The van der Waals surface area contributed by atoms with E-state index in [1.165, 1.54) is 12.8 Å². The molecule has 2 atom stereocenters. The van der Waals surface area contributed by atoms with Crippen molar-refractivity contribution in [3.63, 3.8) is 0 Å². The minimum atomic E-state index is 0.195. The third kappa shape index (κ3) is 3.07. The molecule has 0 aliphatic carbocycles. The van der Waals surface area contributed by atoms with Crippen molar-refractivity contribution in [2.24, 2.45) is 7.05 Å². The van der Waals surface area contributed by atoms with Gasteiger partial charge in [-0.1, -0.05) is 12.1 Å². The molecule has 1 aromatic carbocycles. The molecule has 0 spiro atoms. The third-order valence-electron chi connectivity index (χ3n) is 6.35. The van der Waals surface area contributed by atoms with Gasteiger partial charge in [0.25, 0.3) is 0 Å². The minimum Gasteiger partial charge on any atom is -0.339 e. The van der Waals surface area contributed by atoms with Crippen molar-refractivity contribution in [1.29, 1.82) is 0 Å². The second-order valence-electron chi connectivity index (χ2n) is 8.17. The first kappa shape index (κ1) is 17.4. The fourth-order valence-electron chi connectivity index (χ4n) is 4.62. The third-order valence-corrected chi connectivity index (χ3v) is 6.35. The normalized spacial score (nSPS) is 22.1. The van der Waals surface area contributed by atoms with E-state index in [4.69, 9.17) is 0 Å². The molecule has 28 heavy (non-hydrogen) atoms. The predicted octanol–water partition coefficient (Wildman–Crippen LogP) is 2.48. The van der Waals surface area contributed by atoms with E-state index in [1.54, 1.807) is 4.68 Å². The highest BCUT2D eigenvalue weighted by Gasteiger charge is 2.38. The van der Waals surface area contributed by atoms with Gasteiger partial charge in [-0.2, -0.15) is 5.10 Å². The maximum Gasteiger partial charge on any atom is 0.228 e. The first-order chi connectivity index (χ1) is 13.6. The Morgan fingerprint density at radius 2 is 1.82 bits per heavy atom. The van der Waals surface area contributed by atoms with Crippen LogP contribution in [0, 0.1) is 0 Å². The van der Waals surface area contributed by atoms with E-state index in [2.05, 4.69) is 46.3 Å². The molecule has 6 nitrogen and oxygen atoms in total. The van der Waals surface area contributed by atoms with Gasteiger partial charge < -0.3 is 4.90 Å². The van der Waals surface area contributed by atoms with Crippen molar-refractivity contribution in [1.82, 2.24) is 24.6 Å². The van der Waals surface area contributed by atoms with Crippen LogP contribution in [0.15, 0.2) is 42.9 Å². The Labute approximate surface area is 164 Å². The highest BCUT2D eigenvalue weighted by molar-refractivity contribution is 5.88. The summed E-state index contributed by atoms with van der Waals surface area (Å²) >= 11 is 0. The molecule has 2 aromatic heterocycles. The highest BCUT2D eigenvalue weighted by Crippen LogP contribution is 2.29. The van der Waals surface area contributed by atoms with E-state index in [9.17, 15) is 4.79 Å². The molecular weight excluding hydrogens is 350 g/mol. The molecule has 0 saturated carbocycles. The van der Waals surface area contributed by atoms with Crippen LogP contribution in [-0.2, 0) is 18.3 Å². The summed E-state index contributed by atoms with van der Waals surface area (Å²) in [4.78, 5) is 21.9. The fraction of sp³-hybridized carbons (Fsp3) is 0.409. The second-order valence-corrected chi connectivity index (χ2v) is 8.17. The molecular formula is C22H25N5O. The first-order valence-electron chi connectivity index (χ1n) is 9.94. The van der Waals surface area contributed by atoms with Gasteiger partial charge in [0, 0.05) is 55.6 Å². The summed E-state index contributed by atoms with van der Waals surface area (Å²) < 4.78 is 1.80. The number of piperazine rings is 1. The fourth-order valence-corrected chi connectivity index (χ4v) is 4.62. The lowest BCUT2D eigenvalue weighted by Crippen LogP contribution is -2.54. The van der Waals surface area contributed by atoms with Gasteiger partial charge >= 0.3 is 0 Å². The monoisotopic (exact) mass is 375 g/mol. The van der Waals surface area contributed by atoms with E-state index >= 15 is 0 Å². The van der Waals surface area contributed by atoms with Gasteiger partial charge in [-0.3, -0.25) is 19.4 Å². The zero-order valence-electron chi connectivity index (χ0n) is 16.4. The molecule has 144 valence electrons. The van der Waals surface area contributed by atoms with Gasteiger partial charge in [0.15, 0.2) is 0 Å². The number of amides is 1. The van der Waals surface area contributed by atoms with Crippen LogP contribution in [0.4, 0.5) is 0 Å². The lowest BCUT2D eigenvalue weighted by molar-refractivity contribution is -0.133. The molecule has 1 amide bonds. The minimum absolute atomic E-state index is 0.195. The van der Waals surface area contributed by atoms with Crippen LogP contribution in [0.5, 0.6) is 0 Å². The van der Waals surface area contributed by atoms with Crippen LogP contribution in [0.3, 0.4) is 0 Å². The Balaban J connectivity index is 1.36. The van der Waals surface area contributed by atoms with Crippen LogP contribution in [0.2, 0.25) is 0 Å². The van der Waals surface area contributed by atoms with Crippen molar-refractivity contribution in [2.45, 2.75) is 31.3 Å². The topological polar surface area (TPSA) is 54.3 Å². The standard InChI is InChI=1S/C22H25N5O/c1-25-12-18(11-24-25)15-3-4-16-10-23-19(8-17(16)7-15)9-22(28)27-13-20-5-6-21(14-27)26(20)2/h3-4,7-8,10-12,20-21H,5-6,9,13-14H2,1-2H3. The number of likely N-dealkylation sites (tertiary alicyclic amines) is 1. The molecule has 4 heterocycles. The number of aromatic nitrogens is 3. The number of carbonyl (C=O) groups is 1. The summed E-state index contributed by atoms with van der Waals surface area (Å²) in [5, 5.41) is 6.45. The van der Waals surface area contributed by atoms with Gasteiger partial charge in [0.05, 0.1) is 18.3 Å². The summed E-state index contributed by atoms with van der Waals surface area (Å²) in [6.07, 6.45) is 8.53. The summed E-state index contributed by atoms with van der Waals surface area (Å²) in [6, 6.07) is 9.42. The summed E-state index contributed by atoms with van der Waals surface area (Å²) in [6.45, 7) is 1.70. The Morgan fingerprint density at radius 1 is 1.04 bits per heavy atom. The largest absolute Gasteiger partial charge is 0.339 e. The zero-order chi connectivity index (χ0) is 19.3. The Morgan fingerprint density at radius 3 is 2.54 bits per heavy atom. The second kappa shape index (κ2) is 6.71. The number of fused-ring (bicyclic) bond motifs is 3. The number of hydrogen-bond acceptors (Lipinski definition) is 4. The predicted molar refractivity (Wildman–Crippen MR) is 109 cm³/mol. The molecule has 0 radical (unpaired) electrons. The van der Waals surface area contributed by atoms with E-state index in [0.29, 0.717) is 18.5 Å². The molecule has 2 saturated heterocycles. The number of likely N-dealkylation sites (N-methyl/N-ethyl adjacent to an activating group) is 1. The Bertz CT molecular complexity index is 1030. The smallest absolute Gasteiger partial charge is 0.228 e. The van der Waals surface area contributed by atoms with Gasteiger partial charge in [0.2, 0.25) is 5.91 Å². The number of rotatable bonds is 3. The average Bonchev–Trinajstić information content (AvgIpc) is 3.19. The molecule has 0 N–H and O–H groups in total. The van der Waals surface area contributed by atoms with E-state index in [-0.39, 0.29) is 5.91 Å². The Kier molecular flexibility index (Phi) is 4.16. The zero-order valence-corrected chi connectivity index (χ0v) is 16.4. The van der Waals surface area contributed by atoms with E-state index < -0.39 is 0 Å². The molecule has 2 aliphatic rings. The van der Waals surface area contributed by atoms with Crippen LogP contribution in [0.25, 0.3) is 21.9 Å². The lowest BCUT2D eigenvalue weighted by atomic mass is 10.0. The average molecular weight is 375 g/mol. The van der Waals surface area contributed by atoms with E-state index in [0.717, 1.165) is 40.7 Å². The van der Waals surface area contributed by atoms with Gasteiger partial charge in [-0.15, -0.1) is 0 Å². The van der Waals surface area contributed by atoms with Gasteiger partial charge in [-0.05, 0) is 43.0 Å². The number of pyridine rings is 1. The lowest BCUT2D eigenvalue weighted by Gasteiger charge is -2.38.